The van der Waals surface area contributed by atoms with Crippen molar-refractivity contribution in [1.29, 1.82) is 0 Å². The SMILES string of the molecule is CC(=O)O[C@H](CC(=O)Nc1nn(-c2ccc(Cl)cc2Cl)c(-c2ccc(Cl)cc2)c1C)C[N+](C)(C)C. The molecule has 0 unspecified atom stereocenters. The third-order valence-electron chi connectivity index (χ3n) is 5.13. The smallest absolute Gasteiger partial charge is 0.303 e. The maximum Gasteiger partial charge on any atom is 0.303 e. The summed E-state index contributed by atoms with van der Waals surface area (Å²) in [6.07, 6.45) is -0.573. The normalized spacial score (nSPS) is 12.3. The van der Waals surface area contributed by atoms with Gasteiger partial charge in [0.1, 0.15) is 6.54 Å². The molecule has 35 heavy (non-hydrogen) atoms. The minimum Gasteiger partial charge on any atom is -0.456 e. The quantitative estimate of drug-likeness (QED) is 0.292. The summed E-state index contributed by atoms with van der Waals surface area (Å²) in [7, 11) is 5.90. The fourth-order valence-electron chi connectivity index (χ4n) is 3.77. The van der Waals surface area contributed by atoms with Crippen LogP contribution in [0.1, 0.15) is 18.9 Å². The van der Waals surface area contributed by atoms with Gasteiger partial charge in [0.25, 0.3) is 0 Å². The molecule has 0 saturated heterocycles. The molecule has 0 aliphatic carbocycles. The molecule has 3 rings (SSSR count). The van der Waals surface area contributed by atoms with E-state index in [9.17, 15) is 9.59 Å². The van der Waals surface area contributed by atoms with Gasteiger partial charge >= 0.3 is 5.97 Å². The van der Waals surface area contributed by atoms with Crippen molar-refractivity contribution in [3.8, 4) is 16.9 Å². The van der Waals surface area contributed by atoms with E-state index in [2.05, 4.69) is 10.4 Å². The predicted octanol–water partition coefficient (Wildman–Crippen LogP) is 5.77. The van der Waals surface area contributed by atoms with Gasteiger partial charge in [-0.05, 0) is 37.3 Å². The average molecular weight is 539 g/mol. The number of benzene rings is 2. The second kappa shape index (κ2) is 11.0. The number of nitrogens with one attached hydrogen (secondary N) is 1. The number of amides is 1. The average Bonchev–Trinajstić information content (AvgIpc) is 3.02. The summed E-state index contributed by atoms with van der Waals surface area (Å²) in [4.78, 5) is 24.5. The van der Waals surface area contributed by atoms with Gasteiger partial charge in [-0.3, -0.25) is 9.59 Å². The van der Waals surface area contributed by atoms with Crippen molar-refractivity contribution in [3.05, 3.63) is 63.1 Å². The Morgan fingerprint density at radius 2 is 1.69 bits per heavy atom. The molecule has 186 valence electrons. The van der Waals surface area contributed by atoms with Crippen LogP contribution in [0.3, 0.4) is 0 Å². The number of likely N-dealkylation sites (N-methyl/N-ethyl adjacent to an activating group) is 1. The number of halogens is 3. The lowest BCUT2D eigenvalue weighted by molar-refractivity contribution is -0.873. The molecular formula is C25H28Cl3N4O3+. The van der Waals surface area contributed by atoms with Crippen molar-refractivity contribution in [1.82, 2.24) is 9.78 Å². The van der Waals surface area contributed by atoms with E-state index >= 15 is 0 Å². The number of hydrogen-bond donors (Lipinski definition) is 1. The van der Waals surface area contributed by atoms with Gasteiger partial charge in [0.05, 0.1) is 44.0 Å². The molecular weight excluding hydrogens is 511 g/mol. The van der Waals surface area contributed by atoms with Crippen LogP contribution in [0.2, 0.25) is 15.1 Å². The zero-order chi connectivity index (χ0) is 25.9. The highest BCUT2D eigenvalue weighted by Crippen LogP contribution is 2.35. The lowest BCUT2D eigenvalue weighted by Crippen LogP contribution is -2.44. The van der Waals surface area contributed by atoms with Gasteiger partial charge in [-0.25, -0.2) is 4.68 Å². The van der Waals surface area contributed by atoms with Crippen molar-refractivity contribution in [3.63, 3.8) is 0 Å². The van der Waals surface area contributed by atoms with E-state index < -0.39 is 12.1 Å². The number of quaternary nitrogens is 1. The molecule has 2 aromatic carbocycles. The van der Waals surface area contributed by atoms with Crippen molar-refractivity contribution in [2.45, 2.75) is 26.4 Å². The Balaban J connectivity index is 1.99. The van der Waals surface area contributed by atoms with Crippen molar-refractivity contribution >= 4 is 52.5 Å². The lowest BCUT2D eigenvalue weighted by Gasteiger charge is -2.28. The minimum absolute atomic E-state index is 0.000616. The predicted molar refractivity (Wildman–Crippen MR) is 140 cm³/mol. The molecule has 10 heteroatoms. The number of carbonyl (C=O) groups excluding carboxylic acids is 2. The standard InChI is InChI=1S/C25H27Cl3N4O3/c1-15-24(17-6-8-18(26)9-7-17)31(22-11-10-19(27)12-21(22)28)30-25(15)29-23(34)13-20(35-16(2)33)14-32(3,4)5/h6-12,20H,13-14H2,1-5H3/p+1/t20-/m1/s1. The van der Waals surface area contributed by atoms with Crippen LogP contribution in [0, 0.1) is 6.92 Å². The fraction of sp³-hybridized carbons (Fsp3) is 0.320. The van der Waals surface area contributed by atoms with Gasteiger partial charge in [0.2, 0.25) is 5.91 Å². The summed E-state index contributed by atoms with van der Waals surface area (Å²) >= 11 is 18.7. The van der Waals surface area contributed by atoms with Crippen LogP contribution in [0.4, 0.5) is 5.82 Å². The highest BCUT2D eigenvalue weighted by Gasteiger charge is 2.26. The number of nitrogens with zero attached hydrogens (tertiary/aromatic N) is 3. The van der Waals surface area contributed by atoms with E-state index in [0.29, 0.717) is 37.6 Å². The van der Waals surface area contributed by atoms with Crippen LogP contribution >= 0.6 is 34.8 Å². The summed E-state index contributed by atoms with van der Waals surface area (Å²) in [6, 6.07) is 12.4. The van der Waals surface area contributed by atoms with Crippen molar-refractivity contribution in [2.75, 3.05) is 33.0 Å². The maximum absolute atomic E-state index is 13.0. The summed E-state index contributed by atoms with van der Waals surface area (Å²) in [6.45, 7) is 3.68. The first-order valence-electron chi connectivity index (χ1n) is 10.9. The lowest BCUT2D eigenvalue weighted by atomic mass is 10.1. The maximum atomic E-state index is 13.0. The van der Waals surface area contributed by atoms with Gasteiger partial charge in [0, 0.05) is 28.1 Å². The first-order valence-corrected chi connectivity index (χ1v) is 12.1. The molecule has 1 heterocycles. The fourth-order valence-corrected chi connectivity index (χ4v) is 4.38. The highest BCUT2D eigenvalue weighted by molar-refractivity contribution is 6.35. The Morgan fingerprint density at radius 3 is 2.26 bits per heavy atom. The van der Waals surface area contributed by atoms with Gasteiger partial charge in [-0.2, -0.15) is 0 Å². The van der Waals surface area contributed by atoms with E-state index in [4.69, 9.17) is 39.5 Å². The molecule has 7 nitrogen and oxygen atoms in total. The second-order valence-electron chi connectivity index (χ2n) is 9.29. The zero-order valence-electron chi connectivity index (χ0n) is 20.2. The van der Waals surface area contributed by atoms with Gasteiger partial charge in [-0.1, -0.05) is 46.9 Å². The molecule has 0 spiro atoms. The Hall–Kier alpha value is -2.58. The molecule has 1 amide bonds. The van der Waals surface area contributed by atoms with E-state index in [1.165, 1.54) is 6.92 Å². The van der Waals surface area contributed by atoms with Gasteiger partial charge < -0.3 is 14.5 Å². The molecule has 1 aromatic heterocycles. The van der Waals surface area contributed by atoms with Crippen LogP contribution in [-0.2, 0) is 14.3 Å². The Morgan fingerprint density at radius 1 is 1.06 bits per heavy atom. The molecule has 0 fully saturated rings. The number of hydrogen-bond acceptors (Lipinski definition) is 4. The molecule has 0 aliphatic heterocycles. The number of rotatable bonds is 8. The molecule has 0 radical (unpaired) electrons. The first-order chi connectivity index (χ1) is 16.3. The zero-order valence-corrected chi connectivity index (χ0v) is 22.5. The van der Waals surface area contributed by atoms with E-state index in [0.717, 1.165) is 16.8 Å². The Bertz CT molecular complexity index is 1230. The molecule has 0 saturated carbocycles. The molecule has 1 atom stereocenters. The number of carbonyl (C=O) groups is 2. The summed E-state index contributed by atoms with van der Waals surface area (Å²) in [5, 5.41) is 9.05. The van der Waals surface area contributed by atoms with Crippen LogP contribution in [0.15, 0.2) is 42.5 Å². The molecule has 3 aromatic rings. The third kappa shape index (κ3) is 7.21. The monoisotopic (exact) mass is 537 g/mol. The highest BCUT2D eigenvalue weighted by atomic mass is 35.5. The molecule has 0 aliphatic rings. The second-order valence-corrected chi connectivity index (χ2v) is 10.6. The van der Waals surface area contributed by atoms with Crippen molar-refractivity contribution in [2.24, 2.45) is 0 Å². The van der Waals surface area contributed by atoms with Crippen molar-refractivity contribution < 1.29 is 18.8 Å². The van der Waals surface area contributed by atoms with Gasteiger partial charge in [0.15, 0.2) is 11.9 Å². The Labute approximate surface area is 220 Å². The molecule has 1 N–H and O–H groups in total. The van der Waals surface area contributed by atoms with Gasteiger partial charge in [-0.15, -0.1) is 5.10 Å². The summed E-state index contributed by atoms with van der Waals surface area (Å²) < 4.78 is 7.59. The van der Waals surface area contributed by atoms with E-state index in [1.54, 1.807) is 35.0 Å². The first kappa shape index (κ1) is 27.0. The van der Waals surface area contributed by atoms with Crippen LogP contribution in [-0.4, -0.2) is 59.9 Å². The van der Waals surface area contributed by atoms with E-state index in [1.807, 2.05) is 40.2 Å². The number of ether oxygens (including phenoxy) is 1. The molecule has 0 bridgehead atoms. The topological polar surface area (TPSA) is 73.2 Å². The largest absolute Gasteiger partial charge is 0.456 e. The minimum atomic E-state index is -0.573. The summed E-state index contributed by atoms with van der Waals surface area (Å²) in [5.41, 5.74) is 2.92. The number of aromatic nitrogens is 2. The van der Waals surface area contributed by atoms with Crippen LogP contribution in [0.25, 0.3) is 16.9 Å². The van der Waals surface area contributed by atoms with Crippen LogP contribution in [0.5, 0.6) is 0 Å². The summed E-state index contributed by atoms with van der Waals surface area (Å²) in [5.74, 6) is -0.376. The Kier molecular flexibility index (Phi) is 8.49. The van der Waals surface area contributed by atoms with Crippen LogP contribution < -0.4 is 5.32 Å². The third-order valence-corrected chi connectivity index (χ3v) is 5.92. The number of anilines is 1. The number of esters is 1. The van der Waals surface area contributed by atoms with E-state index in [-0.39, 0.29) is 12.3 Å².